The predicted molar refractivity (Wildman–Crippen MR) is 95.9 cm³/mol. The third-order valence-corrected chi connectivity index (χ3v) is 3.79. The number of hydrogen-bond acceptors (Lipinski definition) is 4. The molecule has 0 saturated carbocycles. The third kappa shape index (κ3) is 3.91. The molecule has 0 aliphatic rings. The van der Waals surface area contributed by atoms with E-state index in [1.54, 1.807) is 30.3 Å². The van der Waals surface area contributed by atoms with Gasteiger partial charge in [-0.1, -0.05) is 37.6 Å². The lowest BCUT2D eigenvalue weighted by atomic mass is 10.3. The molecule has 0 bridgehead atoms. The minimum absolute atomic E-state index is 0.126. The standard InChI is InChI=1S/C19H20N2O4/c1-2-3-12-24-16-10-6-4-8-14(16)20-18(22)13-21-15-9-5-7-11-17(15)25-19(21)23/h4-11H,2-3,12-13H2,1H3,(H,20,22). The molecule has 130 valence electrons. The van der Waals surface area contributed by atoms with E-state index in [4.69, 9.17) is 9.15 Å². The van der Waals surface area contributed by atoms with Gasteiger partial charge in [-0.25, -0.2) is 4.79 Å². The molecular formula is C19H20N2O4. The molecule has 0 spiro atoms. The van der Waals surface area contributed by atoms with Crippen molar-refractivity contribution in [3.63, 3.8) is 0 Å². The first-order valence-corrected chi connectivity index (χ1v) is 8.29. The van der Waals surface area contributed by atoms with Gasteiger partial charge in [0.2, 0.25) is 5.91 Å². The van der Waals surface area contributed by atoms with Crippen molar-refractivity contribution in [2.45, 2.75) is 26.3 Å². The summed E-state index contributed by atoms with van der Waals surface area (Å²) in [5.41, 5.74) is 1.64. The molecule has 1 amide bonds. The fourth-order valence-electron chi connectivity index (χ4n) is 2.52. The number of anilines is 1. The zero-order valence-electron chi connectivity index (χ0n) is 14.0. The van der Waals surface area contributed by atoms with Crippen LogP contribution in [0.15, 0.2) is 57.7 Å². The highest BCUT2D eigenvalue weighted by molar-refractivity contribution is 5.92. The summed E-state index contributed by atoms with van der Waals surface area (Å²) in [5.74, 6) is -0.252. The number of nitrogens with zero attached hydrogens (tertiary/aromatic N) is 1. The summed E-state index contributed by atoms with van der Waals surface area (Å²) in [6.45, 7) is 2.55. The van der Waals surface area contributed by atoms with E-state index in [0.29, 0.717) is 29.1 Å². The van der Waals surface area contributed by atoms with Gasteiger partial charge in [-0.15, -0.1) is 0 Å². The molecule has 0 unspecified atom stereocenters. The molecule has 1 N–H and O–H groups in total. The Morgan fingerprint density at radius 1 is 1.16 bits per heavy atom. The van der Waals surface area contributed by atoms with Gasteiger partial charge in [0.25, 0.3) is 0 Å². The second-order valence-corrected chi connectivity index (χ2v) is 5.67. The van der Waals surface area contributed by atoms with Gasteiger partial charge in [-0.05, 0) is 30.7 Å². The number of benzene rings is 2. The van der Waals surface area contributed by atoms with E-state index < -0.39 is 5.76 Å². The van der Waals surface area contributed by atoms with E-state index in [1.807, 2.05) is 18.2 Å². The predicted octanol–water partition coefficient (Wildman–Crippen LogP) is 3.41. The van der Waals surface area contributed by atoms with Crippen molar-refractivity contribution in [1.29, 1.82) is 0 Å². The number of nitrogens with one attached hydrogen (secondary N) is 1. The van der Waals surface area contributed by atoms with Crippen molar-refractivity contribution in [2.75, 3.05) is 11.9 Å². The molecule has 0 aliphatic carbocycles. The number of oxazole rings is 1. The molecule has 25 heavy (non-hydrogen) atoms. The van der Waals surface area contributed by atoms with Gasteiger partial charge in [-0.2, -0.15) is 0 Å². The maximum atomic E-state index is 12.4. The number of para-hydroxylation sites is 4. The van der Waals surface area contributed by atoms with E-state index in [0.717, 1.165) is 12.8 Å². The molecule has 3 aromatic rings. The number of hydrogen-bond donors (Lipinski definition) is 1. The maximum Gasteiger partial charge on any atom is 0.420 e. The number of carbonyl (C=O) groups excluding carboxylic acids is 1. The van der Waals surface area contributed by atoms with Gasteiger partial charge in [-0.3, -0.25) is 9.36 Å². The Morgan fingerprint density at radius 2 is 1.92 bits per heavy atom. The number of fused-ring (bicyclic) bond motifs is 1. The largest absolute Gasteiger partial charge is 0.491 e. The van der Waals surface area contributed by atoms with Crippen LogP contribution < -0.4 is 15.8 Å². The first-order chi connectivity index (χ1) is 12.2. The second-order valence-electron chi connectivity index (χ2n) is 5.67. The zero-order chi connectivity index (χ0) is 17.6. The van der Waals surface area contributed by atoms with Crippen LogP contribution in [0.3, 0.4) is 0 Å². The molecule has 0 fully saturated rings. The molecule has 0 radical (unpaired) electrons. The topological polar surface area (TPSA) is 73.5 Å². The van der Waals surface area contributed by atoms with Gasteiger partial charge < -0.3 is 14.5 Å². The molecule has 1 aromatic heterocycles. The van der Waals surface area contributed by atoms with Gasteiger partial charge >= 0.3 is 5.76 Å². The number of aromatic nitrogens is 1. The first-order valence-electron chi connectivity index (χ1n) is 8.29. The van der Waals surface area contributed by atoms with E-state index in [-0.39, 0.29) is 12.5 Å². The highest BCUT2D eigenvalue weighted by atomic mass is 16.5. The Labute approximate surface area is 145 Å². The molecule has 2 aromatic carbocycles. The maximum absolute atomic E-state index is 12.4. The van der Waals surface area contributed by atoms with Crippen molar-refractivity contribution < 1.29 is 13.9 Å². The van der Waals surface area contributed by atoms with Crippen LogP contribution in [-0.2, 0) is 11.3 Å². The van der Waals surface area contributed by atoms with Gasteiger partial charge in [0.05, 0.1) is 17.8 Å². The molecule has 3 rings (SSSR count). The number of amides is 1. The van der Waals surface area contributed by atoms with Crippen LogP contribution in [0.4, 0.5) is 5.69 Å². The average Bonchev–Trinajstić information content (AvgIpc) is 2.92. The number of unbranched alkanes of at least 4 members (excludes halogenated alkanes) is 1. The lowest BCUT2D eigenvalue weighted by molar-refractivity contribution is -0.116. The van der Waals surface area contributed by atoms with Crippen LogP contribution in [0.25, 0.3) is 11.1 Å². The quantitative estimate of drug-likeness (QED) is 0.669. The number of carbonyl (C=O) groups is 1. The monoisotopic (exact) mass is 340 g/mol. The Hall–Kier alpha value is -3.02. The second kappa shape index (κ2) is 7.70. The summed E-state index contributed by atoms with van der Waals surface area (Å²) in [7, 11) is 0. The molecule has 0 atom stereocenters. The van der Waals surface area contributed by atoms with E-state index in [1.165, 1.54) is 4.57 Å². The minimum Gasteiger partial charge on any atom is -0.491 e. The van der Waals surface area contributed by atoms with Crippen LogP contribution in [0.2, 0.25) is 0 Å². The van der Waals surface area contributed by atoms with Crippen LogP contribution >= 0.6 is 0 Å². The normalized spacial score (nSPS) is 10.8. The zero-order valence-corrected chi connectivity index (χ0v) is 14.0. The van der Waals surface area contributed by atoms with Crippen molar-refractivity contribution in [3.8, 4) is 5.75 Å². The number of rotatable bonds is 7. The fraction of sp³-hybridized carbons (Fsp3) is 0.263. The highest BCUT2D eigenvalue weighted by Crippen LogP contribution is 2.24. The third-order valence-electron chi connectivity index (χ3n) is 3.79. The Balaban J connectivity index is 1.74. The van der Waals surface area contributed by atoms with E-state index in [2.05, 4.69) is 12.2 Å². The summed E-state index contributed by atoms with van der Waals surface area (Å²) >= 11 is 0. The van der Waals surface area contributed by atoms with Crippen LogP contribution in [0, 0.1) is 0 Å². The van der Waals surface area contributed by atoms with Crippen molar-refractivity contribution >= 4 is 22.7 Å². The van der Waals surface area contributed by atoms with E-state index >= 15 is 0 Å². The summed E-state index contributed by atoms with van der Waals surface area (Å²) < 4.78 is 12.2. The summed E-state index contributed by atoms with van der Waals surface area (Å²) in [5, 5.41) is 2.80. The molecule has 6 heteroatoms. The average molecular weight is 340 g/mol. The van der Waals surface area contributed by atoms with Crippen LogP contribution in [-0.4, -0.2) is 17.1 Å². The molecule has 6 nitrogen and oxygen atoms in total. The van der Waals surface area contributed by atoms with Crippen molar-refractivity contribution in [3.05, 3.63) is 59.1 Å². The highest BCUT2D eigenvalue weighted by Gasteiger charge is 2.13. The molecule has 1 heterocycles. The Kier molecular flexibility index (Phi) is 5.18. The van der Waals surface area contributed by atoms with Gasteiger partial charge in [0.1, 0.15) is 12.3 Å². The van der Waals surface area contributed by atoms with Gasteiger partial charge in [0, 0.05) is 0 Å². The van der Waals surface area contributed by atoms with E-state index in [9.17, 15) is 9.59 Å². The first kappa shape index (κ1) is 16.8. The molecule has 0 aliphatic heterocycles. The Morgan fingerprint density at radius 3 is 2.76 bits per heavy atom. The van der Waals surface area contributed by atoms with Crippen LogP contribution in [0.5, 0.6) is 5.75 Å². The molecular weight excluding hydrogens is 320 g/mol. The molecule has 0 saturated heterocycles. The fourth-order valence-corrected chi connectivity index (χ4v) is 2.52. The van der Waals surface area contributed by atoms with Crippen LogP contribution in [0.1, 0.15) is 19.8 Å². The summed E-state index contributed by atoms with van der Waals surface area (Å²) in [6.07, 6.45) is 1.98. The SMILES string of the molecule is CCCCOc1ccccc1NC(=O)Cn1c(=O)oc2ccccc21. The minimum atomic E-state index is -0.552. The van der Waals surface area contributed by atoms with Crippen molar-refractivity contribution in [2.24, 2.45) is 0 Å². The number of ether oxygens (including phenoxy) is 1. The lowest BCUT2D eigenvalue weighted by Crippen LogP contribution is -2.25. The summed E-state index contributed by atoms with van der Waals surface area (Å²) in [6, 6.07) is 14.3. The van der Waals surface area contributed by atoms with Crippen molar-refractivity contribution in [1.82, 2.24) is 4.57 Å². The lowest BCUT2D eigenvalue weighted by Gasteiger charge is -2.12. The Bertz CT molecular complexity index is 926. The van der Waals surface area contributed by atoms with Gasteiger partial charge in [0.15, 0.2) is 5.58 Å². The summed E-state index contributed by atoms with van der Waals surface area (Å²) in [4.78, 5) is 24.3. The smallest absolute Gasteiger partial charge is 0.420 e.